The summed E-state index contributed by atoms with van der Waals surface area (Å²) in [4.78, 5) is 2.37. The Balaban J connectivity index is 1.76. The van der Waals surface area contributed by atoms with Crippen molar-refractivity contribution in [2.75, 3.05) is 6.54 Å². The topological polar surface area (TPSA) is 36.6 Å². The van der Waals surface area contributed by atoms with Gasteiger partial charge in [-0.05, 0) is 35.7 Å². The van der Waals surface area contributed by atoms with Gasteiger partial charge in [0.1, 0.15) is 5.75 Å². The fourth-order valence-electron chi connectivity index (χ4n) is 2.38. The van der Waals surface area contributed by atoms with Crippen LogP contribution in [0.15, 0.2) is 41.2 Å². The SMILES string of the molecule is Oc1ccc2c(c1)CN(Cc1ccoc1)CC2. The molecule has 0 fully saturated rings. The van der Waals surface area contributed by atoms with Crippen molar-refractivity contribution in [1.29, 1.82) is 0 Å². The highest BCUT2D eigenvalue weighted by atomic mass is 16.3. The van der Waals surface area contributed by atoms with Gasteiger partial charge in [-0.25, -0.2) is 0 Å². The summed E-state index contributed by atoms with van der Waals surface area (Å²) in [5, 5.41) is 9.50. The van der Waals surface area contributed by atoms with Crippen LogP contribution in [0.2, 0.25) is 0 Å². The van der Waals surface area contributed by atoms with E-state index >= 15 is 0 Å². The van der Waals surface area contributed by atoms with Gasteiger partial charge in [0, 0.05) is 25.2 Å². The minimum Gasteiger partial charge on any atom is -0.508 e. The Labute approximate surface area is 100 Å². The number of phenols is 1. The first-order valence-electron chi connectivity index (χ1n) is 5.85. The van der Waals surface area contributed by atoms with E-state index in [-0.39, 0.29) is 0 Å². The molecule has 0 unspecified atom stereocenters. The number of aromatic hydroxyl groups is 1. The second-order valence-electron chi connectivity index (χ2n) is 4.55. The number of fused-ring (bicyclic) bond motifs is 1. The summed E-state index contributed by atoms with van der Waals surface area (Å²) in [6.07, 6.45) is 4.55. The lowest BCUT2D eigenvalue weighted by Crippen LogP contribution is -2.29. The lowest BCUT2D eigenvalue weighted by Gasteiger charge is -2.28. The molecular formula is C14H15NO2. The number of nitrogens with zero attached hydrogens (tertiary/aromatic N) is 1. The van der Waals surface area contributed by atoms with E-state index in [1.165, 1.54) is 16.7 Å². The Morgan fingerprint density at radius 1 is 1.24 bits per heavy atom. The summed E-state index contributed by atoms with van der Waals surface area (Å²) in [7, 11) is 0. The zero-order valence-electron chi connectivity index (χ0n) is 9.60. The fraction of sp³-hybridized carbons (Fsp3) is 0.286. The number of furan rings is 1. The molecule has 0 saturated carbocycles. The van der Waals surface area contributed by atoms with Crippen molar-refractivity contribution >= 4 is 0 Å². The first-order chi connectivity index (χ1) is 8.31. The Morgan fingerprint density at radius 2 is 2.18 bits per heavy atom. The normalized spacial score (nSPS) is 15.8. The molecule has 1 aromatic heterocycles. The molecule has 1 N–H and O–H groups in total. The molecule has 3 nitrogen and oxygen atoms in total. The van der Waals surface area contributed by atoms with Crippen molar-refractivity contribution in [2.24, 2.45) is 0 Å². The maximum Gasteiger partial charge on any atom is 0.115 e. The van der Waals surface area contributed by atoms with E-state index in [1.54, 1.807) is 18.6 Å². The first-order valence-corrected chi connectivity index (χ1v) is 5.85. The van der Waals surface area contributed by atoms with Crippen molar-refractivity contribution in [3.8, 4) is 5.75 Å². The number of benzene rings is 1. The van der Waals surface area contributed by atoms with Gasteiger partial charge < -0.3 is 9.52 Å². The monoisotopic (exact) mass is 229 g/mol. The molecule has 0 amide bonds. The smallest absolute Gasteiger partial charge is 0.115 e. The highest BCUT2D eigenvalue weighted by molar-refractivity contribution is 5.36. The van der Waals surface area contributed by atoms with Crippen LogP contribution in [0.3, 0.4) is 0 Å². The van der Waals surface area contributed by atoms with E-state index in [1.807, 2.05) is 18.2 Å². The predicted molar refractivity (Wildman–Crippen MR) is 64.6 cm³/mol. The largest absolute Gasteiger partial charge is 0.508 e. The van der Waals surface area contributed by atoms with Gasteiger partial charge in [0.15, 0.2) is 0 Å². The molecule has 3 heteroatoms. The van der Waals surface area contributed by atoms with Gasteiger partial charge >= 0.3 is 0 Å². The molecule has 0 saturated heterocycles. The molecule has 1 aliphatic rings. The molecule has 0 spiro atoms. The number of phenolic OH excluding ortho intramolecular Hbond substituents is 1. The van der Waals surface area contributed by atoms with Crippen LogP contribution in [-0.4, -0.2) is 16.6 Å². The van der Waals surface area contributed by atoms with Gasteiger partial charge in [-0.2, -0.15) is 0 Å². The van der Waals surface area contributed by atoms with Crippen LogP contribution in [0.1, 0.15) is 16.7 Å². The zero-order chi connectivity index (χ0) is 11.7. The van der Waals surface area contributed by atoms with Gasteiger partial charge in [0.25, 0.3) is 0 Å². The maximum atomic E-state index is 9.50. The van der Waals surface area contributed by atoms with E-state index in [0.717, 1.165) is 26.1 Å². The molecule has 0 atom stereocenters. The summed E-state index contributed by atoms with van der Waals surface area (Å²) in [5.74, 6) is 0.355. The predicted octanol–water partition coefficient (Wildman–Crippen LogP) is 2.54. The molecule has 1 aliphatic heterocycles. The maximum absolute atomic E-state index is 9.50. The Bertz CT molecular complexity index is 505. The highest BCUT2D eigenvalue weighted by Crippen LogP contribution is 2.24. The number of rotatable bonds is 2. The van der Waals surface area contributed by atoms with Crippen molar-refractivity contribution in [1.82, 2.24) is 4.90 Å². The van der Waals surface area contributed by atoms with Crippen LogP contribution in [0.5, 0.6) is 5.75 Å². The van der Waals surface area contributed by atoms with Gasteiger partial charge in [-0.15, -0.1) is 0 Å². The van der Waals surface area contributed by atoms with Crippen LogP contribution in [0.4, 0.5) is 0 Å². The molecular weight excluding hydrogens is 214 g/mol. The third-order valence-corrected chi connectivity index (χ3v) is 3.27. The summed E-state index contributed by atoms with van der Waals surface area (Å²) < 4.78 is 5.08. The molecule has 88 valence electrons. The molecule has 0 bridgehead atoms. The van der Waals surface area contributed by atoms with Crippen LogP contribution in [-0.2, 0) is 19.5 Å². The highest BCUT2D eigenvalue weighted by Gasteiger charge is 2.16. The summed E-state index contributed by atoms with van der Waals surface area (Å²) in [5.41, 5.74) is 3.79. The van der Waals surface area contributed by atoms with Gasteiger partial charge in [0.2, 0.25) is 0 Å². The Hall–Kier alpha value is -1.74. The van der Waals surface area contributed by atoms with Crippen molar-refractivity contribution in [3.63, 3.8) is 0 Å². The lowest BCUT2D eigenvalue weighted by atomic mass is 9.99. The van der Waals surface area contributed by atoms with Crippen LogP contribution in [0.25, 0.3) is 0 Å². The van der Waals surface area contributed by atoms with Gasteiger partial charge in [-0.3, -0.25) is 4.90 Å². The van der Waals surface area contributed by atoms with E-state index in [9.17, 15) is 5.11 Å². The zero-order valence-corrected chi connectivity index (χ0v) is 9.60. The van der Waals surface area contributed by atoms with E-state index in [0.29, 0.717) is 5.75 Å². The number of hydrogen-bond donors (Lipinski definition) is 1. The molecule has 2 heterocycles. The second kappa shape index (κ2) is 4.26. The van der Waals surface area contributed by atoms with Crippen LogP contribution >= 0.6 is 0 Å². The molecule has 3 rings (SSSR count). The minimum atomic E-state index is 0.355. The molecule has 0 aliphatic carbocycles. The van der Waals surface area contributed by atoms with Crippen LogP contribution < -0.4 is 0 Å². The average molecular weight is 229 g/mol. The second-order valence-corrected chi connectivity index (χ2v) is 4.55. The van der Waals surface area contributed by atoms with E-state index in [4.69, 9.17) is 4.42 Å². The third-order valence-electron chi connectivity index (χ3n) is 3.27. The lowest BCUT2D eigenvalue weighted by molar-refractivity contribution is 0.244. The summed E-state index contributed by atoms with van der Waals surface area (Å²) in [6.45, 7) is 2.86. The first kappa shape index (κ1) is 10.4. The molecule has 17 heavy (non-hydrogen) atoms. The van der Waals surface area contributed by atoms with Crippen molar-refractivity contribution in [2.45, 2.75) is 19.5 Å². The quantitative estimate of drug-likeness (QED) is 0.859. The van der Waals surface area contributed by atoms with E-state index < -0.39 is 0 Å². The third kappa shape index (κ3) is 2.19. The minimum absolute atomic E-state index is 0.355. The van der Waals surface area contributed by atoms with Gasteiger partial charge in [0.05, 0.1) is 12.5 Å². The number of hydrogen-bond acceptors (Lipinski definition) is 3. The summed E-state index contributed by atoms with van der Waals surface area (Å²) >= 11 is 0. The molecule has 2 aromatic rings. The van der Waals surface area contributed by atoms with Crippen molar-refractivity contribution in [3.05, 3.63) is 53.5 Å². The molecule has 1 aromatic carbocycles. The van der Waals surface area contributed by atoms with Crippen molar-refractivity contribution < 1.29 is 9.52 Å². The van der Waals surface area contributed by atoms with Gasteiger partial charge in [-0.1, -0.05) is 6.07 Å². The van der Waals surface area contributed by atoms with Crippen LogP contribution in [0, 0.1) is 0 Å². The fourth-order valence-corrected chi connectivity index (χ4v) is 2.38. The standard InChI is InChI=1S/C14H15NO2/c16-14-2-1-12-3-5-15(9-13(12)7-14)8-11-4-6-17-10-11/h1-2,4,6-7,10,16H,3,5,8-9H2. The average Bonchev–Trinajstić information content (AvgIpc) is 2.81. The Morgan fingerprint density at radius 3 is 3.00 bits per heavy atom. The van der Waals surface area contributed by atoms with E-state index in [2.05, 4.69) is 4.90 Å². The Kier molecular flexibility index (Phi) is 2.61. The molecule has 0 radical (unpaired) electrons. The summed E-state index contributed by atoms with van der Waals surface area (Å²) in [6, 6.07) is 7.67.